The molecule has 0 bridgehead atoms. The summed E-state index contributed by atoms with van der Waals surface area (Å²) in [5.74, 6) is 1.31. The highest BCUT2D eigenvalue weighted by Crippen LogP contribution is 2.28. The number of rotatable bonds is 7. The molecule has 0 spiro atoms. The molecule has 0 aliphatic carbocycles. The van der Waals surface area contributed by atoms with E-state index < -0.39 is 0 Å². The molecule has 1 unspecified atom stereocenters. The van der Waals surface area contributed by atoms with Crippen LogP contribution in [0, 0.1) is 0 Å². The third-order valence-electron chi connectivity index (χ3n) is 3.52. The summed E-state index contributed by atoms with van der Waals surface area (Å²) in [5, 5.41) is 0. The van der Waals surface area contributed by atoms with Crippen LogP contribution >= 0.6 is 0 Å². The van der Waals surface area contributed by atoms with Crippen LogP contribution in [0.25, 0.3) is 0 Å². The molecule has 4 nitrogen and oxygen atoms in total. The summed E-state index contributed by atoms with van der Waals surface area (Å²) in [6, 6.07) is 5.28. The molecule has 1 aliphatic heterocycles. The lowest BCUT2D eigenvalue weighted by atomic mass is 10.1. The molecule has 1 saturated heterocycles. The second-order valence-corrected chi connectivity index (χ2v) is 5.05. The minimum absolute atomic E-state index is 0.0215. The second kappa shape index (κ2) is 7.29. The fourth-order valence-corrected chi connectivity index (χ4v) is 2.37. The number of carbonyl (C=O) groups is 1. The molecule has 4 heteroatoms. The van der Waals surface area contributed by atoms with Crippen molar-refractivity contribution in [1.82, 2.24) is 0 Å². The lowest BCUT2D eigenvalue weighted by Crippen LogP contribution is -2.08. The number of carbonyl (C=O) groups excluding carboxylic acids is 1. The molecule has 0 N–H and O–H groups in total. The summed E-state index contributed by atoms with van der Waals surface area (Å²) in [7, 11) is 1.58. The van der Waals surface area contributed by atoms with Gasteiger partial charge in [-0.2, -0.15) is 0 Å². The van der Waals surface area contributed by atoms with Gasteiger partial charge in [-0.25, -0.2) is 0 Å². The topological polar surface area (TPSA) is 44.8 Å². The summed E-state index contributed by atoms with van der Waals surface area (Å²) >= 11 is 0. The highest BCUT2D eigenvalue weighted by atomic mass is 16.5. The zero-order chi connectivity index (χ0) is 14.4. The Labute approximate surface area is 120 Å². The fraction of sp³-hybridized carbons (Fsp3) is 0.562. The first-order valence-electron chi connectivity index (χ1n) is 7.14. The van der Waals surface area contributed by atoms with E-state index in [2.05, 4.69) is 0 Å². The number of benzene rings is 1. The van der Waals surface area contributed by atoms with Crippen LogP contribution < -0.4 is 9.47 Å². The van der Waals surface area contributed by atoms with Gasteiger partial charge in [0.2, 0.25) is 0 Å². The van der Waals surface area contributed by atoms with Crippen molar-refractivity contribution in [3.63, 3.8) is 0 Å². The molecule has 20 heavy (non-hydrogen) atoms. The van der Waals surface area contributed by atoms with E-state index in [1.807, 2.05) is 0 Å². The molecule has 1 atom stereocenters. The molecule has 1 aromatic rings. The highest BCUT2D eigenvalue weighted by Gasteiger charge is 2.15. The third-order valence-corrected chi connectivity index (χ3v) is 3.52. The lowest BCUT2D eigenvalue weighted by molar-refractivity contribution is 0.0978. The second-order valence-electron chi connectivity index (χ2n) is 5.05. The van der Waals surface area contributed by atoms with E-state index in [0.717, 1.165) is 25.9 Å². The normalized spacial score (nSPS) is 18.0. The van der Waals surface area contributed by atoms with Gasteiger partial charge in [-0.15, -0.1) is 0 Å². The molecule has 1 aliphatic rings. The van der Waals surface area contributed by atoms with Gasteiger partial charge in [-0.1, -0.05) is 0 Å². The van der Waals surface area contributed by atoms with E-state index >= 15 is 0 Å². The molecular formula is C16H22O4. The first-order chi connectivity index (χ1) is 9.70. The van der Waals surface area contributed by atoms with Crippen LogP contribution in [0.5, 0.6) is 11.5 Å². The van der Waals surface area contributed by atoms with E-state index in [9.17, 15) is 4.79 Å². The molecule has 0 amide bonds. The number of methoxy groups -OCH3 is 1. The summed E-state index contributed by atoms with van der Waals surface area (Å²) in [5.41, 5.74) is 0.633. The van der Waals surface area contributed by atoms with Crippen LogP contribution in [-0.4, -0.2) is 32.2 Å². The average Bonchev–Trinajstić information content (AvgIpc) is 2.96. The standard InChI is InChI=1S/C16H22O4/c1-12(17)13-7-8-15(16(11-13)18-2)20-10-4-6-14-5-3-9-19-14/h7-8,11,14H,3-6,9-10H2,1-2H3. The van der Waals surface area contributed by atoms with Crippen LogP contribution in [0.4, 0.5) is 0 Å². The number of hydrogen-bond donors (Lipinski definition) is 0. The van der Waals surface area contributed by atoms with Crippen molar-refractivity contribution in [1.29, 1.82) is 0 Å². The maximum atomic E-state index is 11.3. The zero-order valence-corrected chi connectivity index (χ0v) is 12.2. The van der Waals surface area contributed by atoms with Gasteiger partial charge in [0.05, 0.1) is 19.8 Å². The van der Waals surface area contributed by atoms with Crippen molar-refractivity contribution in [3.05, 3.63) is 23.8 Å². The number of hydrogen-bond acceptors (Lipinski definition) is 4. The highest BCUT2D eigenvalue weighted by molar-refractivity contribution is 5.94. The minimum Gasteiger partial charge on any atom is -0.493 e. The van der Waals surface area contributed by atoms with E-state index in [1.54, 1.807) is 25.3 Å². The van der Waals surface area contributed by atoms with E-state index in [4.69, 9.17) is 14.2 Å². The molecule has 2 rings (SSSR count). The Hall–Kier alpha value is -1.55. The quantitative estimate of drug-likeness (QED) is 0.567. The summed E-state index contributed by atoms with van der Waals surface area (Å²) in [6.45, 7) is 3.07. The Bertz CT molecular complexity index is 450. The minimum atomic E-state index is 0.0215. The molecule has 110 valence electrons. The molecule has 1 heterocycles. The maximum absolute atomic E-state index is 11.3. The van der Waals surface area contributed by atoms with Crippen molar-refractivity contribution >= 4 is 5.78 Å². The number of Topliss-reactive ketones (excluding diaryl/α,β-unsaturated/α-hetero) is 1. The van der Waals surface area contributed by atoms with Gasteiger partial charge in [0.25, 0.3) is 0 Å². The number of ketones is 1. The van der Waals surface area contributed by atoms with Gasteiger partial charge in [0.15, 0.2) is 17.3 Å². The SMILES string of the molecule is COc1cc(C(C)=O)ccc1OCCCC1CCCO1. The first kappa shape index (κ1) is 14.9. The van der Waals surface area contributed by atoms with Gasteiger partial charge in [0, 0.05) is 12.2 Å². The van der Waals surface area contributed by atoms with Gasteiger partial charge in [-0.05, 0) is 50.8 Å². The Balaban J connectivity index is 1.83. The third kappa shape index (κ3) is 3.97. The molecule has 0 radical (unpaired) electrons. The molecular weight excluding hydrogens is 256 g/mol. The van der Waals surface area contributed by atoms with Gasteiger partial charge in [-0.3, -0.25) is 4.79 Å². The summed E-state index contributed by atoms with van der Waals surface area (Å²) in [6.07, 6.45) is 4.74. The smallest absolute Gasteiger partial charge is 0.161 e. The van der Waals surface area contributed by atoms with Gasteiger partial charge >= 0.3 is 0 Å². The van der Waals surface area contributed by atoms with Crippen molar-refractivity contribution in [3.8, 4) is 11.5 Å². The maximum Gasteiger partial charge on any atom is 0.161 e. The zero-order valence-electron chi connectivity index (χ0n) is 12.2. The Kier molecular flexibility index (Phi) is 5.41. The van der Waals surface area contributed by atoms with E-state index in [-0.39, 0.29) is 5.78 Å². The fourth-order valence-electron chi connectivity index (χ4n) is 2.37. The Morgan fingerprint density at radius 1 is 1.40 bits per heavy atom. The van der Waals surface area contributed by atoms with Crippen LogP contribution in [-0.2, 0) is 4.74 Å². The first-order valence-corrected chi connectivity index (χ1v) is 7.14. The average molecular weight is 278 g/mol. The van der Waals surface area contributed by atoms with Crippen LogP contribution in [0.2, 0.25) is 0 Å². The van der Waals surface area contributed by atoms with Crippen LogP contribution in [0.3, 0.4) is 0 Å². The Morgan fingerprint density at radius 3 is 2.90 bits per heavy atom. The summed E-state index contributed by atoms with van der Waals surface area (Å²) < 4.78 is 16.6. The van der Waals surface area contributed by atoms with Crippen molar-refractivity contribution < 1.29 is 19.0 Å². The number of ether oxygens (including phenoxy) is 3. The van der Waals surface area contributed by atoms with Crippen LogP contribution in [0.1, 0.15) is 43.0 Å². The largest absolute Gasteiger partial charge is 0.493 e. The summed E-state index contributed by atoms with van der Waals surface area (Å²) in [4.78, 5) is 11.3. The van der Waals surface area contributed by atoms with Gasteiger partial charge in [0.1, 0.15) is 0 Å². The lowest BCUT2D eigenvalue weighted by Gasteiger charge is -2.13. The van der Waals surface area contributed by atoms with Crippen molar-refractivity contribution in [2.75, 3.05) is 20.3 Å². The van der Waals surface area contributed by atoms with Crippen molar-refractivity contribution in [2.24, 2.45) is 0 Å². The predicted octanol–water partition coefficient (Wildman–Crippen LogP) is 3.24. The monoisotopic (exact) mass is 278 g/mol. The Morgan fingerprint density at radius 2 is 2.25 bits per heavy atom. The molecule has 1 fully saturated rings. The van der Waals surface area contributed by atoms with E-state index in [1.165, 1.54) is 13.3 Å². The molecule has 0 aromatic heterocycles. The van der Waals surface area contributed by atoms with Crippen molar-refractivity contribution in [2.45, 2.75) is 38.7 Å². The van der Waals surface area contributed by atoms with Crippen LogP contribution in [0.15, 0.2) is 18.2 Å². The molecule has 0 saturated carbocycles. The van der Waals surface area contributed by atoms with Gasteiger partial charge < -0.3 is 14.2 Å². The predicted molar refractivity (Wildman–Crippen MR) is 76.7 cm³/mol. The van der Waals surface area contributed by atoms with E-state index in [0.29, 0.717) is 29.8 Å². The molecule has 1 aromatic carbocycles.